The number of ketones is 1. The quantitative estimate of drug-likeness (QED) is 0.456. The molecule has 0 saturated heterocycles. The number of aryl methyl sites for hydroxylation is 2. The van der Waals surface area contributed by atoms with Crippen molar-refractivity contribution in [2.24, 2.45) is 0 Å². The third-order valence-corrected chi connectivity index (χ3v) is 5.99. The van der Waals surface area contributed by atoms with E-state index >= 15 is 0 Å². The first kappa shape index (κ1) is 19.3. The van der Waals surface area contributed by atoms with Crippen molar-refractivity contribution in [3.8, 4) is 5.13 Å². The van der Waals surface area contributed by atoms with Crippen molar-refractivity contribution in [3.63, 3.8) is 0 Å². The second-order valence-corrected chi connectivity index (χ2v) is 8.09. The highest BCUT2D eigenvalue weighted by atomic mass is 35.5. The van der Waals surface area contributed by atoms with E-state index in [0.29, 0.717) is 27.1 Å². The average Bonchev–Trinajstić information content (AvgIpc) is 3.29. The van der Waals surface area contributed by atoms with Crippen molar-refractivity contribution in [2.45, 2.75) is 20.8 Å². The zero-order chi connectivity index (χ0) is 20.7. The van der Waals surface area contributed by atoms with Gasteiger partial charge >= 0.3 is 0 Å². The van der Waals surface area contributed by atoms with Gasteiger partial charge < -0.3 is 5.32 Å². The lowest BCUT2D eigenvalue weighted by atomic mass is 10.1. The number of carbonyl (C=O) groups is 2. The molecule has 0 aliphatic heterocycles. The summed E-state index contributed by atoms with van der Waals surface area (Å²) < 4.78 is 2.49. The Kier molecular flexibility index (Phi) is 4.94. The molecule has 0 bridgehead atoms. The van der Waals surface area contributed by atoms with Crippen LogP contribution in [0.15, 0.2) is 42.5 Å². The Labute approximate surface area is 176 Å². The molecule has 0 radical (unpaired) electrons. The van der Waals surface area contributed by atoms with Gasteiger partial charge in [0, 0.05) is 17.2 Å². The van der Waals surface area contributed by atoms with Gasteiger partial charge in [0.1, 0.15) is 5.82 Å². The smallest absolute Gasteiger partial charge is 0.256 e. The van der Waals surface area contributed by atoms with E-state index < -0.39 is 0 Å². The van der Waals surface area contributed by atoms with Crippen molar-refractivity contribution in [2.75, 3.05) is 5.32 Å². The predicted molar refractivity (Wildman–Crippen MR) is 116 cm³/mol. The second kappa shape index (κ2) is 7.42. The normalized spacial score (nSPS) is 11.0. The number of anilines is 1. The minimum Gasteiger partial charge on any atom is -0.306 e. The lowest BCUT2D eigenvalue weighted by Crippen LogP contribution is -2.15. The van der Waals surface area contributed by atoms with Gasteiger partial charge in [-0.1, -0.05) is 41.1 Å². The van der Waals surface area contributed by atoms with E-state index in [1.54, 1.807) is 35.0 Å². The van der Waals surface area contributed by atoms with Crippen molar-refractivity contribution in [1.29, 1.82) is 0 Å². The third-order valence-electron chi connectivity index (χ3n) is 4.49. The fourth-order valence-corrected chi connectivity index (χ4v) is 4.24. The fourth-order valence-electron chi connectivity index (χ4n) is 2.96. The Morgan fingerprint density at radius 1 is 1.07 bits per heavy atom. The molecular weight excluding hydrogens is 408 g/mol. The number of nitrogens with one attached hydrogen (secondary N) is 1. The minimum atomic E-state index is -0.295. The Balaban J connectivity index is 1.68. The largest absolute Gasteiger partial charge is 0.306 e. The molecule has 2 heterocycles. The highest BCUT2D eigenvalue weighted by Crippen LogP contribution is 2.34. The van der Waals surface area contributed by atoms with Crippen LogP contribution in [-0.2, 0) is 0 Å². The summed E-state index contributed by atoms with van der Waals surface area (Å²) in [5.74, 6) is 0.169. The SMILES string of the molecule is CC(=O)c1ccc(C(=O)Nc2cc(C)nn2-c2nc3c(C)ccc(Cl)c3s2)cc1. The van der Waals surface area contributed by atoms with Gasteiger partial charge in [0.2, 0.25) is 5.13 Å². The topological polar surface area (TPSA) is 76.9 Å². The Morgan fingerprint density at radius 2 is 1.76 bits per heavy atom. The number of hydrogen-bond donors (Lipinski definition) is 1. The maximum atomic E-state index is 12.7. The van der Waals surface area contributed by atoms with E-state index in [1.807, 2.05) is 26.0 Å². The van der Waals surface area contributed by atoms with Crippen LogP contribution < -0.4 is 5.32 Å². The summed E-state index contributed by atoms with van der Waals surface area (Å²) in [5, 5.41) is 8.61. The number of fused-ring (bicyclic) bond motifs is 1. The molecule has 0 aliphatic rings. The molecule has 1 N–H and O–H groups in total. The fraction of sp³-hybridized carbons (Fsp3) is 0.143. The summed E-state index contributed by atoms with van der Waals surface area (Å²) >= 11 is 7.74. The Hall–Kier alpha value is -3.03. The summed E-state index contributed by atoms with van der Waals surface area (Å²) in [6.07, 6.45) is 0. The standard InChI is InChI=1S/C21H17ClN4O2S/c1-11-4-9-16(22)19-18(11)24-21(29-19)26-17(10-12(2)25-26)23-20(28)15-7-5-14(6-8-15)13(3)27/h4-10H,1-3H3,(H,23,28). The van der Waals surface area contributed by atoms with E-state index in [2.05, 4.69) is 15.4 Å². The number of aromatic nitrogens is 3. The summed E-state index contributed by atoms with van der Waals surface area (Å²) in [7, 11) is 0. The molecule has 0 atom stereocenters. The number of amides is 1. The highest BCUT2D eigenvalue weighted by molar-refractivity contribution is 7.21. The maximum absolute atomic E-state index is 12.7. The number of Topliss-reactive ketones (excluding diaryl/α,β-unsaturated/α-hetero) is 1. The number of thiazole rings is 1. The van der Waals surface area contributed by atoms with Gasteiger partial charge in [0.25, 0.3) is 5.91 Å². The molecule has 0 aliphatic carbocycles. The van der Waals surface area contributed by atoms with Crippen LogP contribution in [0.5, 0.6) is 0 Å². The van der Waals surface area contributed by atoms with E-state index in [-0.39, 0.29) is 11.7 Å². The molecule has 4 aromatic rings. The molecule has 8 heteroatoms. The van der Waals surface area contributed by atoms with E-state index in [4.69, 9.17) is 11.6 Å². The minimum absolute atomic E-state index is 0.0459. The summed E-state index contributed by atoms with van der Waals surface area (Å²) in [6, 6.07) is 12.1. The molecule has 1 amide bonds. The molecule has 146 valence electrons. The summed E-state index contributed by atoms with van der Waals surface area (Å²) in [4.78, 5) is 28.8. The number of rotatable bonds is 4. The van der Waals surface area contributed by atoms with Crippen LogP contribution in [0.25, 0.3) is 15.3 Å². The first-order valence-corrected chi connectivity index (χ1v) is 10.1. The predicted octanol–water partition coefficient (Wildman–Crippen LogP) is 5.21. The van der Waals surface area contributed by atoms with Gasteiger partial charge in [0.05, 0.1) is 20.9 Å². The zero-order valence-corrected chi connectivity index (χ0v) is 17.6. The summed E-state index contributed by atoms with van der Waals surface area (Å²) in [6.45, 7) is 5.31. The lowest BCUT2D eigenvalue weighted by molar-refractivity contribution is 0.100. The number of carbonyl (C=O) groups excluding carboxylic acids is 2. The van der Waals surface area contributed by atoms with Gasteiger partial charge in [-0.15, -0.1) is 0 Å². The molecule has 0 saturated carbocycles. The van der Waals surface area contributed by atoms with Crippen LogP contribution in [0.3, 0.4) is 0 Å². The van der Waals surface area contributed by atoms with Crippen LogP contribution in [0, 0.1) is 13.8 Å². The van der Waals surface area contributed by atoms with E-state index in [0.717, 1.165) is 21.5 Å². The average molecular weight is 425 g/mol. The van der Waals surface area contributed by atoms with Crippen molar-refractivity contribution < 1.29 is 9.59 Å². The third kappa shape index (κ3) is 3.66. The number of halogens is 1. The van der Waals surface area contributed by atoms with Crippen molar-refractivity contribution >= 4 is 50.7 Å². The van der Waals surface area contributed by atoms with Crippen LogP contribution in [0.1, 0.15) is 38.9 Å². The van der Waals surface area contributed by atoms with Gasteiger partial charge in [0.15, 0.2) is 5.78 Å². The van der Waals surface area contributed by atoms with Gasteiger partial charge in [-0.05, 0) is 44.5 Å². The number of benzene rings is 2. The summed E-state index contributed by atoms with van der Waals surface area (Å²) in [5.41, 5.74) is 3.59. The highest BCUT2D eigenvalue weighted by Gasteiger charge is 2.17. The van der Waals surface area contributed by atoms with Gasteiger partial charge in [-0.25, -0.2) is 4.98 Å². The monoisotopic (exact) mass is 424 g/mol. The molecule has 2 aromatic heterocycles. The van der Waals surface area contributed by atoms with Crippen molar-refractivity contribution in [3.05, 3.63) is 69.9 Å². The number of hydrogen-bond acceptors (Lipinski definition) is 5. The van der Waals surface area contributed by atoms with E-state index in [9.17, 15) is 9.59 Å². The van der Waals surface area contributed by atoms with E-state index in [1.165, 1.54) is 18.3 Å². The molecule has 0 unspecified atom stereocenters. The molecule has 6 nitrogen and oxygen atoms in total. The maximum Gasteiger partial charge on any atom is 0.256 e. The number of nitrogens with zero attached hydrogens (tertiary/aromatic N) is 3. The van der Waals surface area contributed by atoms with Crippen molar-refractivity contribution in [1.82, 2.24) is 14.8 Å². The van der Waals surface area contributed by atoms with Gasteiger partial charge in [-0.3, -0.25) is 9.59 Å². The van der Waals surface area contributed by atoms with Crippen LogP contribution >= 0.6 is 22.9 Å². The first-order valence-electron chi connectivity index (χ1n) is 8.88. The van der Waals surface area contributed by atoms with Crippen LogP contribution in [0.2, 0.25) is 5.02 Å². The van der Waals surface area contributed by atoms with Gasteiger partial charge in [-0.2, -0.15) is 9.78 Å². The lowest BCUT2D eigenvalue weighted by Gasteiger charge is -2.07. The molecular formula is C21H17ClN4O2S. The van der Waals surface area contributed by atoms with Crippen LogP contribution in [0.4, 0.5) is 5.82 Å². The molecule has 0 spiro atoms. The molecule has 4 rings (SSSR count). The first-order chi connectivity index (χ1) is 13.8. The molecule has 29 heavy (non-hydrogen) atoms. The Bertz CT molecular complexity index is 1220. The second-order valence-electron chi connectivity index (χ2n) is 6.71. The molecule has 2 aromatic carbocycles. The zero-order valence-electron chi connectivity index (χ0n) is 16.0. The molecule has 0 fully saturated rings. The van der Waals surface area contributed by atoms with Crippen LogP contribution in [-0.4, -0.2) is 26.5 Å². The Morgan fingerprint density at radius 3 is 2.41 bits per heavy atom.